The highest BCUT2D eigenvalue weighted by molar-refractivity contribution is 6.29. The predicted molar refractivity (Wildman–Crippen MR) is 40.3 cm³/mol. The zero-order chi connectivity index (χ0) is 8.39. The van der Waals surface area contributed by atoms with Crippen molar-refractivity contribution in [3.8, 4) is 11.5 Å². The van der Waals surface area contributed by atoms with Crippen molar-refractivity contribution in [2.24, 2.45) is 0 Å². The molecular formula is C6H3ClN4O. The van der Waals surface area contributed by atoms with Gasteiger partial charge in [0.15, 0.2) is 5.15 Å². The van der Waals surface area contributed by atoms with Crippen LogP contribution < -0.4 is 0 Å². The molecule has 0 aliphatic carbocycles. The second-order valence-corrected chi connectivity index (χ2v) is 2.38. The van der Waals surface area contributed by atoms with Crippen LogP contribution in [0.1, 0.15) is 0 Å². The van der Waals surface area contributed by atoms with Crippen molar-refractivity contribution >= 4 is 11.6 Å². The van der Waals surface area contributed by atoms with Gasteiger partial charge in [0.1, 0.15) is 5.69 Å². The Labute approximate surface area is 72.4 Å². The van der Waals surface area contributed by atoms with Gasteiger partial charge in [-0.05, 0) is 12.1 Å². The Morgan fingerprint density at radius 3 is 2.75 bits per heavy atom. The molecule has 0 saturated heterocycles. The van der Waals surface area contributed by atoms with Crippen LogP contribution in [0.4, 0.5) is 0 Å². The maximum Gasteiger partial charge on any atom is 0.222 e. The molecule has 0 aliphatic rings. The summed E-state index contributed by atoms with van der Waals surface area (Å²) in [5.74, 6) is 0.402. The fourth-order valence-electron chi connectivity index (χ4n) is 0.719. The summed E-state index contributed by atoms with van der Waals surface area (Å²) in [6.07, 6.45) is 1.23. The highest BCUT2D eigenvalue weighted by atomic mass is 35.5. The molecule has 0 unspecified atom stereocenters. The molecule has 6 heteroatoms. The van der Waals surface area contributed by atoms with Crippen LogP contribution in [-0.2, 0) is 0 Å². The molecule has 2 aromatic rings. The quantitative estimate of drug-likeness (QED) is 0.663. The van der Waals surface area contributed by atoms with Gasteiger partial charge in [-0.3, -0.25) is 0 Å². The Hall–Kier alpha value is -1.49. The smallest absolute Gasteiger partial charge is 0.222 e. The molecule has 0 atom stereocenters. The monoisotopic (exact) mass is 182 g/mol. The van der Waals surface area contributed by atoms with E-state index in [1.165, 1.54) is 6.39 Å². The van der Waals surface area contributed by atoms with E-state index in [0.717, 1.165) is 0 Å². The minimum atomic E-state index is 0.335. The van der Waals surface area contributed by atoms with Gasteiger partial charge in [-0.2, -0.15) is 4.98 Å². The number of halogens is 1. The van der Waals surface area contributed by atoms with Crippen LogP contribution in [0.2, 0.25) is 5.15 Å². The van der Waals surface area contributed by atoms with Gasteiger partial charge >= 0.3 is 0 Å². The van der Waals surface area contributed by atoms with Crippen molar-refractivity contribution in [1.29, 1.82) is 0 Å². The molecule has 0 aliphatic heterocycles. The molecule has 5 nitrogen and oxygen atoms in total. The third-order valence-corrected chi connectivity index (χ3v) is 1.42. The van der Waals surface area contributed by atoms with Crippen molar-refractivity contribution in [1.82, 2.24) is 20.3 Å². The summed E-state index contributed by atoms with van der Waals surface area (Å²) < 4.78 is 4.54. The van der Waals surface area contributed by atoms with Gasteiger partial charge in [0.05, 0.1) is 0 Å². The van der Waals surface area contributed by atoms with Crippen LogP contribution in [0.15, 0.2) is 23.0 Å². The molecule has 0 amide bonds. The van der Waals surface area contributed by atoms with Crippen molar-refractivity contribution in [3.63, 3.8) is 0 Å². The van der Waals surface area contributed by atoms with Crippen molar-refractivity contribution in [2.45, 2.75) is 0 Å². The highest BCUT2D eigenvalue weighted by Gasteiger charge is 2.03. The fraction of sp³-hybridized carbons (Fsp3) is 0. The molecule has 2 rings (SSSR count). The predicted octanol–water partition coefficient (Wildman–Crippen LogP) is 1.18. The Balaban J connectivity index is 2.43. The van der Waals surface area contributed by atoms with Gasteiger partial charge in [0.2, 0.25) is 12.2 Å². The third-order valence-electron chi connectivity index (χ3n) is 1.22. The van der Waals surface area contributed by atoms with Crippen LogP contribution in [0.5, 0.6) is 0 Å². The largest absolute Gasteiger partial charge is 0.342 e. The van der Waals surface area contributed by atoms with Crippen molar-refractivity contribution in [2.75, 3.05) is 0 Å². The average molecular weight is 183 g/mol. The summed E-state index contributed by atoms with van der Waals surface area (Å²) in [5.41, 5.74) is 0.535. The molecule has 2 heterocycles. The minimum absolute atomic E-state index is 0.335. The normalized spacial score (nSPS) is 10.1. The lowest BCUT2D eigenvalue weighted by molar-refractivity contribution is 0.418. The summed E-state index contributed by atoms with van der Waals surface area (Å²) in [4.78, 5) is 3.79. The van der Waals surface area contributed by atoms with Gasteiger partial charge < -0.3 is 4.52 Å². The number of aromatic nitrogens is 4. The van der Waals surface area contributed by atoms with E-state index >= 15 is 0 Å². The molecule has 12 heavy (non-hydrogen) atoms. The molecule has 0 aromatic carbocycles. The maximum atomic E-state index is 5.54. The first-order valence-corrected chi connectivity index (χ1v) is 3.50. The molecule has 2 aromatic heterocycles. The lowest BCUT2D eigenvalue weighted by Gasteiger charge is -1.90. The molecule has 0 fully saturated rings. The van der Waals surface area contributed by atoms with E-state index in [1.54, 1.807) is 12.1 Å². The van der Waals surface area contributed by atoms with E-state index in [2.05, 4.69) is 24.9 Å². The van der Waals surface area contributed by atoms with Crippen LogP contribution in [0.25, 0.3) is 11.5 Å². The van der Waals surface area contributed by atoms with E-state index in [-0.39, 0.29) is 0 Å². The Morgan fingerprint density at radius 1 is 1.25 bits per heavy atom. The number of hydrogen-bond acceptors (Lipinski definition) is 5. The summed E-state index contributed by atoms with van der Waals surface area (Å²) in [6.45, 7) is 0. The van der Waals surface area contributed by atoms with Crippen LogP contribution in [0.3, 0.4) is 0 Å². The van der Waals surface area contributed by atoms with Crippen LogP contribution in [-0.4, -0.2) is 20.3 Å². The SMILES string of the molecule is Clc1ccc(-c2ncon2)nn1. The van der Waals surface area contributed by atoms with E-state index in [9.17, 15) is 0 Å². The second kappa shape index (κ2) is 2.86. The molecule has 0 bridgehead atoms. The number of nitrogens with zero attached hydrogens (tertiary/aromatic N) is 4. The highest BCUT2D eigenvalue weighted by Crippen LogP contribution is 2.11. The van der Waals surface area contributed by atoms with E-state index in [1.807, 2.05) is 0 Å². The Kier molecular flexibility index (Phi) is 1.71. The topological polar surface area (TPSA) is 64.7 Å². The van der Waals surface area contributed by atoms with Gasteiger partial charge in [0.25, 0.3) is 0 Å². The Morgan fingerprint density at radius 2 is 2.17 bits per heavy atom. The summed E-state index contributed by atoms with van der Waals surface area (Å²) in [6, 6.07) is 3.28. The summed E-state index contributed by atoms with van der Waals surface area (Å²) >= 11 is 5.54. The molecule has 60 valence electrons. The Bertz CT molecular complexity index is 358. The van der Waals surface area contributed by atoms with Gasteiger partial charge in [0, 0.05) is 0 Å². The molecule has 0 N–H and O–H groups in total. The molecule has 0 radical (unpaired) electrons. The first-order chi connectivity index (χ1) is 5.86. The van der Waals surface area contributed by atoms with Gasteiger partial charge in [-0.25, -0.2) is 0 Å². The summed E-state index contributed by atoms with van der Waals surface area (Å²) in [7, 11) is 0. The molecule has 0 spiro atoms. The van der Waals surface area contributed by atoms with Gasteiger partial charge in [-0.1, -0.05) is 16.8 Å². The zero-order valence-corrected chi connectivity index (χ0v) is 6.56. The second-order valence-electron chi connectivity index (χ2n) is 2.00. The lowest BCUT2D eigenvalue weighted by Crippen LogP contribution is -1.88. The molecular weight excluding hydrogens is 180 g/mol. The lowest BCUT2D eigenvalue weighted by atomic mass is 10.4. The number of hydrogen-bond donors (Lipinski definition) is 0. The summed E-state index contributed by atoms with van der Waals surface area (Å²) in [5, 5.41) is 11.3. The third kappa shape index (κ3) is 1.26. The minimum Gasteiger partial charge on any atom is -0.342 e. The zero-order valence-electron chi connectivity index (χ0n) is 5.81. The fourth-order valence-corrected chi connectivity index (χ4v) is 0.820. The van der Waals surface area contributed by atoms with Crippen molar-refractivity contribution < 1.29 is 4.52 Å². The van der Waals surface area contributed by atoms with E-state index in [4.69, 9.17) is 11.6 Å². The van der Waals surface area contributed by atoms with Crippen LogP contribution in [0, 0.1) is 0 Å². The average Bonchev–Trinajstić information content (AvgIpc) is 2.58. The van der Waals surface area contributed by atoms with Gasteiger partial charge in [-0.15, -0.1) is 10.2 Å². The first kappa shape index (κ1) is 7.17. The standard InChI is InChI=1S/C6H3ClN4O/c7-5-2-1-4(9-10-5)6-8-3-12-11-6/h1-3H. The van der Waals surface area contributed by atoms with Crippen LogP contribution >= 0.6 is 11.6 Å². The van der Waals surface area contributed by atoms with E-state index in [0.29, 0.717) is 16.7 Å². The van der Waals surface area contributed by atoms with E-state index < -0.39 is 0 Å². The van der Waals surface area contributed by atoms with Crippen molar-refractivity contribution in [3.05, 3.63) is 23.7 Å². The maximum absolute atomic E-state index is 5.54. The first-order valence-electron chi connectivity index (χ1n) is 3.12. The number of rotatable bonds is 1. The molecule has 0 saturated carbocycles.